The summed E-state index contributed by atoms with van der Waals surface area (Å²) in [4.78, 5) is 15.7. The van der Waals surface area contributed by atoms with E-state index in [9.17, 15) is 18.0 Å². The minimum absolute atomic E-state index is 0.101. The van der Waals surface area contributed by atoms with Crippen molar-refractivity contribution in [1.29, 1.82) is 0 Å². The summed E-state index contributed by atoms with van der Waals surface area (Å²) < 4.78 is 39.5. The zero-order valence-corrected chi connectivity index (χ0v) is 12.0. The predicted molar refractivity (Wildman–Crippen MR) is 73.3 cm³/mol. The molecule has 0 aliphatic carbocycles. The molecule has 1 aromatic heterocycles. The van der Waals surface area contributed by atoms with Crippen LogP contribution < -0.4 is 5.32 Å². The average Bonchev–Trinajstić information content (AvgIpc) is 2.40. The van der Waals surface area contributed by atoms with Gasteiger partial charge in [-0.1, -0.05) is 23.2 Å². The summed E-state index contributed by atoms with van der Waals surface area (Å²) in [6.45, 7) is 1.59. The Hall–Kier alpha value is -1.79. The van der Waals surface area contributed by atoms with E-state index in [1.54, 1.807) is 6.92 Å². The Balaban J connectivity index is 2.38. The van der Waals surface area contributed by atoms with Crippen LogP contribution in [0.25, 0.3) is 0 Å². The van der Waals surface area contributed by atoms with Gasteiger partial charge in [-0.3, -0.25) is 4.79 Å². The molecule has 1 N–H and O–H groups in total. The van der Waals surface area contributed by atoms with Gasteiger partial charge in [0.25, 0.3) is 5.91 Å². The van der Waals surface area contributed by atoms with E-state index in [0.29, 0.717) is 11.6 Å². The Labute approximate surface area is 127 Å². The van der Waals surface area contributed by atoms with Crippen LogP contribution in [0.1, 0.15) is 15.9 Å². The topological polar surface area (TPSA) is 42.0 Å². The summed E-state index contributed by atoms with van der Waals surface area (Å²) in [5, 5.41) is 2.31. The molecule has 0 unspecified atom stereocenters. The van der Waals surface area contributed by atoms with Crippen LogP contribution in [0.5, 0.6) is 0 Å². The standard InChI is InChI=1S/C13H7Cl2F3N2O/c1-5-4-8(14)19-12(15)11(5)20-13(21)6-2-3-7(16)10(18)9(6)17/h2-4H,1H3,(H,20,21). The van der Waals surface area contributed by atoms with Crippen molar-refractivity contribution >= 4 is 34.8 Å². The second kappa shape index (κ2) is 5.91. The number of aryl methyl sites for hydroxylation is 1. The van der Waals surface area contributed by atoms with E-state index < -0.39 is 28.9 Å². The minimum Gasteiger partial charge on any atom is -0.319 e. The number of halogens is 5. The van der Waals surface area contributed by atoms with Gasteiger partial charge in [-0.05, 0) is 30.7 Å². The van der Waals surface area contributed by atoms with Gasteiger partial charge < -0.3 is 5.32 Å². The third-order valence-electron chi connectivity index (χ3n) is 2.66. The van der Waals surface area contributed by atoms with Crippen LogP contribution in [0, 0.1) is 24.4 Å². The normalized spacial score (nSPS) is 10.6. The maximum absolute atomic E-state index is 13.5. The van der Waals surface area contributed by atoms with Gasteiger partial charge in [0.2, 0.25) is 0 Å². The van der Waals surface area contributed by atoms with E-state index in [4.69, 9.17) is 23.2 Å². The Bertz CT molecular complexity index is 715. The summed E-state index contributed by atoms with van der Waals surface area (Å²) in [6, 6.07) is 2.92. The fourth-order valence-electron chi connectivity index (χ4n) is 1.63. The molecule has 0 bridgehead atoms. The first-order valence-corrected chi connectivity index (χ1v) is 6.34. The summed E-state index contributed by atoms with van der Waals surface area (Å²) in [7, 11) is 0. The van der Waals surface area contributed by atoms with Gasteiger partial charge in [-0.15, -0.1) is 0 Å². The highest BCUT2D eigenvalue weighted by Gasteiger charge is 2.20. The number of anilines is 1. The molecule has 1 amide bonds. The van der Waals surface area contributed by atoms with Crippen molar-refractivity contribution in [3.8, 4) is 0 Å². The molecule has 2 rings (SSSR count). The molecule has 0 aliphatic rings. The van der Waals surface area contributed by atoms with Crippen LogP contribution in [0.4, 0.5) is 18.9 Å². The number of rotatable bonds is 2. The quantitative estimate of drug-likeness (QED) is 0.654. The minimum atomic E-state index is -1.72. The predicted octanol–water partition coefficient (Wildman–Crippen LogP) is 4.37. The number of carbonyl (C=O) groups is 1. The fourth-order valence-corrected chi connectivity index (χ4v) is 2.21. The lowest BCUT2D eigenvalue weighted by molar-refractivity contribution is 0.102. The number of carbonyl (C=O) groups excluding carboxylic acids is 1. The molecule has 0 spiro atoms. The van der Waals surface area contributed by atoms with Gasteiger partial charge in [-0.2, -0.15) is 0 Å². The molecule has 8 heteroatoms. The van der Waals surface area contributed by atoms with Crippen molar-refractivity contribution in [1.82, 2.24) is 4.98 Å². The Kier molecular flexibility index (Phi) is 4.39. The lowest BCUT2D eigenvalue weighted by atomic mass is 10.1. The van der Waals surface area contributed by atoms with Gasteiger partial charge in [0.1, 0.15) is 5.15 Å². The van der Waals surface area contributed by atoms with Gasteiger partial charge >= 0.3 is 0 Å². The van der Waals surface area contributed by atoms with Crippen molar-refractivity contribution in [2.45, 2.75) is 6.92 Å². The second-order valence-electron chi connectivity index (χ2n) is 4.10. The zero-order chi connectivity index (χ0) is 15.7. The molecule has 0 fully saturated rings. The molecule has 21 heavy (non-hydrogen) atoms. The lowest BCUT2D eigenvalue weighted by Crippen LogP contribution is -2.16. The second-order valence-corrected chi connectivity index (χ2v) is 4.85. The zero-order valence-electron chi connectivity index (χ0n) is 10.5. The van der Waals surface area contributed by atoms with Crippen molar-refractivity contribution < 1.29 is 18.0 Å². The third-order valence-corrected chi connectivity index (χ3v) is 3.13. The summed E-state index contributed by atoms with van der Waals surface area (Å²) in [5.74, 6) is -5.67. The van der Waals surface area contributed by atoms with Crippen molar-refractivity contribution in [2.75, 3.05) is 5.32 Å². The van der Waals surface area contributed by atoms with E-state index in [-0.39, 0.29) is 16.0 Å². The van der Waals surface area contributed by atoms with Gasteiger partial charge in [0.05, 0.1) is 11.3 Å². The van der Waals surface area contributed by atoms with Crippen LogP contribution >= 0.6 is 23.2 Å². The highest BCUT2D eigenvalue weighted by molar-refractivity contribution is 6.35. The van der Waals surface area contributed by atoms with E-state index in [1.165, 1.54) is 6.07 Å². The highest BCUT2D eigenvalue weighted by atomic mass is 35.5. The number of nitrogens with one attached hydrogen (secondary N) is 1. The van der Waals surface area contributed by atoms with Crippen LogP contribution in [0.15, 0.2) is 18.2 Å². The number of pyridine rings is 1. The van der Waals surface area contributed by atoms with E-state index in [0.717, 1.165) is 6.07 Å². The molecule has 1 heterocycles. The number of amides is 1. The highest BCUT2D eigenvalue weighted by Crippen LogP contribution is 2.27. The number of hydrogen-bond acceptors (Lipinski definition) is 2. The Morgan fingerprint density at radius 3 is 2.48 bits per heavy atom. The third kappa shape index (κ3) is 3.11. The number of aromatic nitrogens is 1. The van der Waals surface area contributed by atoms with Crippen LogP contribution in [-0.2, 0) is 0 Å². The SMILES string of the molecule is Cc1cc(Cl)nc(Cl)c1NC(=O)c1ccc(F)c(F)c1F. The number of nitrogens with zero attached hydrogens (tertiary/aromatic N) is 1. The summed E-state index contributed by atoms with van der Waals surface area (Å²) in [6.07, 6.45) is 0. The number of hydrogen-bond donors (Lipinski definition) is 1. The van der Waals surface area contributed by atoms with Crippen molar-refractivity contribution in [2.24, 2.45) is 0 Å². The van der Waals surface area contributed by atoms with Crippen LogP contribution in [-0.4, -0.2) is 10.9 Å². The van der Waals surface area contributed by atoms with Crippen LogP contribution in [0.2, 0.25) is 10.3 Å². The first-order valence-electron chi connectivity index (χ1n) is 5.58. The maximum atomic E-state index is 13.5. The molecule has 110 valence electrons. The van der Waals surface area contributed by atoms with Gasteiger partial charge in [-0.25, -0.2) is 18.2 Å². The molecule has 2 aromatic rings. The molecule has 1 aromatic carbocycles. The van der Waals surface area contributed by atoms with Crippen molar-refractivity contribution in [3.63, 3.8) is 0 Å². The summed E-state index contributed by atoms with van der Waals surface area (Å²) in [5.41, 5.74) is -0.0640. The molecule has 0 radical (unpaired) electrons. The first kappa shape index (κ1) is 15.6. The van der Waals surface area contributed by atoms with Gasteiger partial charge in [0.15, 0.2) is 22.6 Å². The van der Waals surface area contributed by atoms with Crippen LogP contribution in [0.3, 0.4) is 0 Å². The molecule has 3 nitrogen and oxygen atoms in total. The molecular weight excluding hydrogens is 328 g/mol. The molecule has 0 saturated carbocycles. The molecule has 0 atom stereocenters. The van der Waals surface area contributed by atoms with Gasteiger partial charge in [0, 0.05) is 0 Å². The smallest absolute Gasteiger partial charge is 0.258 e. The monoisotopic (exact) mass is 334 g/mol. The summed E-state index contributed by atoms with van der Waals surface area (Å²) >= 11 is 11.5. The number of benzene rings is 1. The largest absolute Gasteiger partial charge is 0.319 e. The van der Waals surface area contributed by atoms with E-state index in [1.807, 2.05) is 0 Å². The molecular formula is C13H7Cl2F3N2O. The maximum Gasteiger partial charge on any atom is 0.258 e. The first-order chi connectivity index (χ1) is 9.81. The Morgan fingerprint density at radius 1 is 1.19 bits per heavy atom. The van der Waals surface area contributed by atoms with Crippen molar-refractivity contribution in [3.05, 3.63) is 57.1 Å². The van der Waals surface area contributed by atoms with E-state index >= 15 is 0 Å². The Morgan fingerprint density at radius 2 is 1.86 bits per heavy atom. The van der Waals surface area contributed by atoms with E-state index in [2.05, 4.69) is 10.3 Å². The fraction of sp³-hybridized carbons (Fsp3) is 0.0769. The lowest BCUT2D eigenvalue weighted by Gasteiger charge is -2.11. The molecule has 0 aliphatic heterocycles. The molecule has 0 saturated heterocycles. The average molecular weight is 335 g/mol.